The van der Waals surface area contributed by atoms with E-state index in [9.17, 15) is 4.39 Å². The summed E-state index contributed by atoms with van der Waals surface area (Å²) in [6.45, 7) is 16.6. The van der Waals surface area contributed by atoms with Crippen molar-refractivity contribution in [2.75, 3.05) is 0 Å². The SMILES string of the molecule is C=C1C(=C)[C@H](c2ccc(C)c(Cc3ccc(-c4ccc(F)cc4)s3)c2)O[C@H](C)C1=C. The van der Waals surface area contributed by atoms with Crippen molar-refractivity contribution >= 4 is 11.3 Å². The summed E-state index contributed by atoms with van der Waals surface area (Å²) in [5.74, 6) is -0.213. The first-order chi connectivity index (χ1) is 14.3. The zero-order valence-electron chi connectivity index (χ0n) is 17.4. The highest BCUT2D eigenvalue weighted by atomic mass is 32.1. The molecule has 1 nitrogen and oxygen atoms in total. The number of rotatable bonds is 4. The lowest BCUT2D eigenvalue weighted by molar-refractivity contribution is 0.0305. The van der Waals surface area contributed by atoms with Gasteiger partial charge in [-0.05, 0) is 77.1 Å². The molecule has 2 heterocycles. The van der Waals surface area contributed by atoms with Crippen molar-refractivity contribution in [3.63, 3.8) is 0 Å². The Balaban J connectivity index is 1.59. The molecule has 0 unspecified atom stereocenters. The fourth-order valence-electron chi connectivity index (χ4n) is 3.73. The van der Waals surface area contributed by atoms with Crippen LogP contribution in [0.1, 0.15) is 34.6 Å². The Morgan fingerprint density at radius 3 is 2.43 bits per heavy atom. The lowest BCUT2D eigenvalue weighted by atomic mass is 9.87. The van der Waals surface area contributed by atoms with Gasteiger partial charge >= 0.3 is 0 Å². The quantitative estimate of drug-likeness (QED) is 0.426. The van der Waals surface area contributed by atoms with E-state index in [-0.39, 0.29) is 18.0 Å². The van der Waals surface area contributed by atoms with E-state index >= 15 is 0 Å². The highest BCUT2D eigenvalue weighted by Crippen LogP contribution is 2.40. The first-order valence-corrected chi connectivity index (χ1v) is 10.8. The Bertz CT molecular complexity index is 1140. The molecule has 1 fully saturated rings. The molecule has 0 bridgehead atoms. The summed E-state index contributed by atoms with van der Waals surface area (Å²) in [5, 5.41) is 0. The van der Waals surface area contributed by atoms with Crippen LogP contribution in [0, 0.1) is 12.7 Å². The summed E-state index contributed by atoms with van der Waals surface area (Å²) < 4.78 is 19.4. The summed E-state index contributed by atoms with van der Waals surface area (Å²) in [5.41, 5.74) is 7.31. The van der Waals surface area contributed by atoms with Crippen molar-refractivity contribution < 1.29 is 9.13 Å². The number of halogens is 1. The van der Waals surface area contributed by atoms with Gasteiger partial charge in [-0.3, -0.25) is 0 Å². The van der Waals surface area contributed by atoms with Gasteiger partial charge < -0.3 is 4.74 Å². The van der Waals surface area contributed by atoms with Gasteiger partial charge in [0.25, 0.3) is 0 Å². The minimum atomic E-state index is -0.213. The topological polar surface area (TPSA) is 9.23 Å². The third kappa shape index (κ3) is 3.96. The van der Waals surface area contributed by atoms with E-state index in [1.807, 2.05) is 19.1 Å². The molecule has 4 rings (SSSR count). The zero-order chi connectivity index (χ0) is 21.4. The molecule has 30 heavy (non-hydrogen) atoms. The predicted octanol–water partition coefficient (Wildman–Crippen LogP) is 7.58. The lowest BCUT2D eigenvalue weighted by Crippen LogP contribution is -2.25. The molecule has 152 valence electrons. The average molecular weight is 417 g/mol. The average Bonchev–Trinajstić information content (AvgIpc) is 3.20. The normalized spacial score (nSPS) is 19.4. The Morgan fingerprint density at radius 1 is 0.967 bits per heavy atom. The third-order valence-electron chi connectivity index (χ3n) is 5.75. The number of aryl methyl sites for hydroxylation is 1. The number of benzene rings is 2. The van der Waals surface area contributed by atoms with Gasteiger partial charge in [-0.2, -0.15) is 0 Å². The molecule has 0 saturated carbocycles. The van der Waals surface area contributed by atoms with Crippen molar-refractivity contribution in [1.82, 2.24) is 0 Å². The Hall–Kier alpha value is -2.75. The Morgan fingerprint density at radius 2 is 1.70 bits per heavy atom. The van der Waals surface area contributed by atoms with Crippen LogP contribution in [-0.2, 0) is 11.2 Å². The second-order valence-corrected chi connectivity index (χ2v) is 8.99. The molecule has 1 aliphatic rings. The number of ether oxygens (including phenoxy) is 1. The first-order valence-electron chi connectivity index (χ1n) is 10.00. The Labute approximate surface area is 181 Å². The van der Waals surface area contributed by atoms with Gasteiger partial charge in [0.2, 0.25) is 0 Å². The second kappa shape index (κ2) is 8.17. The van der Waals surface area contributed by atoms with Crippen molar-refractivity contribution in [3.05, 3.63) is 118 Å². The van der Waals surface area contributed by atoms with Gasteiger partial charge in [0.05, 0.1) is 6.10 Å². The van der Waals surface area contributed by atoms with Gasteiger partial charge in [-0.25, -0.2) is 4.39 Å². The van der Waals surface area contributed by atoms with E-state index in [0.717, 1.165) is 39.1 Å². The van der Waals surface area contributed by atoms with Crippen molar-refractivity contribution in [3.8, 4) is 10.4 Å². The molecule has 2 atom stereocenters. The van der Waals surface area contributed by atoms with Gasteiger partial charge in [0, 0.05) is 16.2 Å². The highest BCUT2D eigenvalue weighted by molar-refractivity contribution is 7.15. The van der Waals surface area contributed by atoms with Crippen LogP contribution >= 0.6 is 11.3 Å². The fourth-order valence-corrected chi connectivity index (χ4v) is 4.77. The molecule has 2 aromatic carbocycles. The maximum atomic E-state index is 13.2. The summed E-state index contributed by atoms with van der Waals surface area (Å²) in [7, 11) is 0. The fraction of sp³-hybridized carbons (Fsp3) is 0.185. The van der Waals surface area contributed by atoms with E-state index in [1.165, 1.54) is 28.1 Å². The van der Waals surface area contributed by atoms with E-state index in [1.54, 1.807) is 11.3 Å². The molecule has 0 N–H and O–H groups in total. The molecule has 1 aromatic heterocycles. The van der Waals surface area contributed by atoms with Crippen LogP contribution in [-0.4, -0.2) is 6.10 Å². The predicted molar refractivity (Wildman–Crippen MR) is 124 cm³/mol. The smallest absolute Gasteiger partial charge is 0.123 e. The molecule has 3 heteroatoms. The molecule has 0 spiro atoms. The minimum Gasteiger partial charge on any atom is -0.361 e. The van der Waals surface area contributed by atoms with Gasteiger partial charge in [-0.1, -0.05) is 50.1 Å². The van der Waals surface area contributed by atoms with E-state index in [2.05, 4.69) is 57.0 Å². The van der Waals surface area contributed by atoms with Gasteiger partial charge in [0.1, 0.15) is 11.9 Å². The van der Waals surface area contributed by atoms with Gasteiger partial charge in [0.15, 0.2) is 0 Å². The maximum Gasteiger partial charge on any atom is 0.123 e. The lowest BCUT2D eigenvalue weighted by Gasteiger charge is -2.34. The number of thiophene rings is 1. The first kappa shape index (κ1) is 20.5. The van der Waals surface area contributed by atoms with Gasteiger partial charge in [-0.15, -0.1) is 11.3 Å². The van der Waals surface area contributed by atoms with Crippen LogP contribution in [0.2, 0.25) is 0 Å². The van der Waals surface area contributed by atoms with Crippen LogP contribution < -0.4 is 0 Å². The maximum absolute atomic E-state index is 13.2. The summed E-state index contributed by atoms with van der Waals surface area (Å²) >= 11 is 1.74. The standard InChI is InChI=1S/C27H25FOS/c1-16-6-7-22(27-19(4)17(2)18(3)20(5)29-27)14-23(16)15-25-12-13-26(30-25)21-8-10-24(28)11-9-21/h6-14,20,27H,2-4,15H2,1,5H3/t20-,27-/m1/s1. The van der Waals surface area contributed by atoms with E-state index in [4.69, 9.17) is 4.74 Å². The molecule has 3 aromatic rings. The summed E-state index contributed by atoms with van der Waals surface area (Å²) in [4.78, 5) is 2.41. The van der Waals surface area contributed by atoms with Crippen LogP contribution in [0.4, 0.5) is 4.39 Å². The van der Waals surface area contributed by atoms with Crippen molar-refractivity contribution in [2.24, 2.45) is 0 Å². The zero-order valence-corrected chi connectivity index (χ0v) is 18.2. The molecule has 0 aliphatic carbocycles. The summed E-state index contributed by atoms with van der Waals surface area (Å²) in [6, 6.07) is 17.4. The summed E-state index contributed by atoms with van der Waals surface area (Å²) in [6.07, 6.45) is 0.567. The molecular weight excluding hydrogens is 391 g/mol. The van der Waals surface area contributed by atoms with Crippen LogP contribution in [0.5, 0.6) is 0 Å². The van der Waals surface area contributed by atoms with Crippen LogP contribution in [0.15, 0.2) is 91.1 Å². The van der Waals surface area contributed by atoms with Crippen molar-refractivity contribution in [1.29, 1.82) is 0 Å². The van der Waals surface area contributed by atoms with E-state index in [0.29, 0.717) is 0 Å². The highest BCUT2D eigenvalue weighted by Gasteiger charge is 2.29. The van der Waals surface area contributed by atoms with E-state index < -0.39 is 0 Å². The van der Waals surface area contributed by atoms with Crippen LogP contribution in [0.25, 0.3) is 10.4 Å². The molecule has 1 saturated heterocycles. The largest absolute Gasteiger partial charge is 0.361 e. The molecule has 0 radical (unpaired) electrons. The molecule has 1 aliphatic heterocycles. The van der Waals surface area contributed by atoms with Crippen molar-refractivity contribution in [2.45, 2.75) is 32.5 Å². The third-order valence-corrected chi connectivity index (χ3v) is 6.89. The number of hydrogen-bond acceptors (Lipinski definition) is 2. The molecule has 0 amide bonds. The van der Waals surface area contributed by atoms with Crippen LogP contribution in [0.3, 0.4) is 0 Å². The molecular formula is C27H25FOS. The monoisotopic (exact) mass is 416 g/mol. The number of hydrogen-bond donors (Lipinski definition) is 0. The second-order valence-electron chi connectivity index (χ2n) is 7.82. The minimum absolute atomic E-state index is 0.0756. The Kier molecular flexibility index (Phi) is 5.59.